The van der Waals surface area contributed by atoms with Crippen LogP contribution in [0.5, 0.6) is 0 Å². The predicted molar refractivity (Wildman–Crippen MR) is 77.7 cm³/mol. The zero-order valence-electron chi connectivity index (χ0n) is 12.8. The summed E-state index contributed by atoms with van der Waals surface area (Å²) in [4.78, 5) is 14.1. The van der Waals surface area contributed by atoms with E-state index in [-0.39, 0.29) is 5.91 Å². The van der Waals surface area contributed by atoms with Crippen molar-refractivity contribution < 1.29 is 4.79 Å². The van der Waals surface area contributed by atoms with Crippen molar-refractivity contribution in [2.45, 2.75) is 64.1 Å². The first-order chi connectivity index (χ1) is 8.82. The van der Waals surface area contributed by atoms with Crippen LogP contribution in [-0.2, 0) is 4.79 Å². The molecule has 4 nitrogen and oxygen atoms in total. The van der Waals surface area contributed by atoms with Crippen LogP contribution in [-0.4, -0.2) is 42.0 Å². The molecule has 0 bridgehead atoms. The number of carbonyl (C=O) groups is 1. The van der Waals surface area contributed by atoms with E-state index in [1.54, 1.807) is 0 Å². The number of nitrogens with two attached hydrogens (primary N) is 1. The van der Waals surface area contributed by atoms with Crippen LogP contribution in [0.25, 0.3) is 0 Å². The summed E-state index contributed by atoms with van der Waals surface area (Å²) in [6.07, 6.45) is 4.49. The molecule has 4 heteroatoms. The largest absolute Gasteiger partial charge is 0.368 e. The Hall–Kier alpha value is -0.610. The summed E-state index contributed by atoms with van der Waals surface area (Å²) < 4.78 is 0. The standard InChI is InChI=1S/C15H29N3O/c1-10-7-12(10)9-18(4)11(2)8-15(3,14(16)19)17-13-5-6-13/h10-13,17H,5-9H2,1-4H3,(H2,16,19). The molecule has 2 aliphatic carbocycles. The van der Waals surface area contributed by atoms with Crippen molar-refractivity contribution >= 4 is 5.91 Å². The Morgan fingerprint density at radius 3 is 2.53 bits per heavy atom. The number of rotatable bonds is 8. The molecule has 4 unspecified atom stereocenters. The lowest BCUT2D eigenvalue weighted by atomic mass is 9.92. The van der Waals surface area contributed by atoms with E-state index < -0.39 is 5.54 Å². The molecular weight excluding hydrogens is 238 g/mol. The first kappa shape index (κ1) is 14.8. The van der Waals surface area contributed by atoms with Gasteiger partial charge in [-0.25, -0.2) is 0 Å². The second-order valence-corrected chi connectivity index (χ2v) is 7.08. The van der Waals surface area contributed by atoms with E-state index in [9.17, 15) is 4.79 Å². The van der Waals surface area contributed by atoms with Gasteiger partial charge in [-0.1, -0.05) is 6.92 Å². The molecule has 0 aromatic rings. The highest BCUT2D eigenvalue weighted by Crippen LogP contribution is 2.38. The molecule has 0 aromatic carbocycles. The predicted octanol–water partition coefficient (Wildman–Crippen LogP) is 1.35. The van der Waals surface area contributed by atoms with E-state index >= 15 is 0 Å². The molecule has 0 heterocycles. The minimum absolute atomic E-state index is 0.223. The summed E-state index contributed by atoms with van der Waals surface area (Å²) in [7, 11) is 2.16. The fourth-order valence-corrected chi connectivity index (χ4v) is 2.86. The average molecular weight is 267 g/mol. The maximum atomic E-state index is 11.8. The van der Waals surface area contributed by atoms with E-state index in [1.807, 2.05) is 6.92 Å². The van der Waals surface area contributed by atoms with Crippen LogP contribution in [0.2, 0.25) is 0 Å². The second kappa shape index (κ2) is 5.41. The van der Waals surface area contributed by atoms with Crippen LogP contribution in [0.15, 0.2) is 0 Å². The summed E-state index contributed by atoms with van der Waals surface area (Å²) in [6, 6.07) is 0.870. The lowest BCUT2D eigenvalue weighted by molar-refractivity contribution is -0.124. The average Bonchev–Trinajstić information content (AvgIpc) is 3.20. The van der Waals surface area contributed by atoms with Gasteiger partial charge in [0.1, 0.15) is 0 Å². The van der Waals surface area contributed by atoms with Crippen molar-refractivity contribution in [1.82, 2.24) is 10.2 Å². The zero-order chi connectivity index (χ0) is 14.2. The van der Waals surface area contributed by atoms with E-state index in [0.29, 0.717) is 12.1 Å². The van der Waals surface area contributed by atoms with Gasteiger partial charge in [-0.3, -0.25) is 4.79 Å². The van der Waals surface area contributed by atoms with E-state index in [4.69, 9.17) is 5.73 Å². The van der Waals surface area contributed by atoms with Crippen LogP contribution >= 0.6 is 0 Å². The lowest BCUT2D eigenvalue weighted by Crippen LogP contribution is -2.56. The summed E-state index contributed by atoms with van der Waals surface area (Å²) in [6.45, 7) is 7.60. The van der Waals surface area contributed by atoms with Gasteiger partial charge in [0.2, 0.25) is 5.91 Å². The number of primary amides is 1. The molecule has 110 valence electrons. The number of nitrogens with zero attached hydrogens (tertiary/aromatic N) is 1. The number of hydrogen-bond acceptors (Lipinski definition) is 3. The summed E-state index contributed by atoms with van der Waals surface area (Å²) in [5.41, 5.74) is 5.05. The van der Waals surface area contributed by atoms with Gasteiger partial charge < -0.3 is 16.0 Å². The van der Waals surface area contributed by atoms with Gasteiger partial charge in [-0.2, -0.15) is 0 Å². The van der Waals surface area contributed by atoms with E-state index in [1.165, 1.54) is 19.3 Å². The highest BCUT2D eigenvalue weighted by atomic mass is 16.1. The summed E-state index contributed by atoms with van der Waals surface area (Å²) in [5.74, 6) is 1.50. The molecule has 0 aromatic heterocycles. The van der Waals surface area contributed by atoms with Crippen molar-refractivity contribution in [2.24, 2.45) is 17.6 Å². The quantitative estimate of drug-likeness (QED) is 0.698. The third-order valence-corrected chi connectivity index (χ3v) is 4.90. The molecule has 0 spiro atoms. The third-order valence-electron chi connectivity index (χ3n) is 4.90. The van der Waals surface area contributed by atoms with Crippen molar-refractivity contribution in [3.05, 3.63) is 0 Å². The molecule has 2 aliphatic rings. The Bertz CT molecular complexity index is 342. The van der Waals surface area contributed by atoms with E-state index in [0.717, 1.165) is 24.8 Å². The molecule has 19 heavy (non-hydrogen) atoms. The molecule has 0 aliphatic heterocycles. The van der Waals surface area contributed by atoms with Crippen LogP contribution in [0.4, 0.5) is 0 Å². The van der Waals surface area contributed by atoms with Gasteiger partial charge in [0.15, 0.2) is 0 Å². The first-order valence-corrected chi connectivity index (χ1v) is 7.59. The van der Waals surface area contributed by atoms with Gasteiger partial charge in [-0.15, -0.1) is 0 Å². The van der Waals surface area contributed by atoms with Gasteiger partial charge in [0, 0.05) is 18.6 Å². The van der Waals surface area contributed by atoms with Crippen molar-refractivity contribution in [3.63, 3.8) is 0 Å². The van der Waals surface area contributed by atoms with Crippen molar-refractivity contribution in [3.8, 4) is 0 Å². The van der Waals surface area contributed by atoms with Crippen LogP contribution in [0, 0.1) is 11.8 Å². The first-order valence-electron chi connectivity index (χ1n) is 7.59. The topological polar surface area (TPSA) is 58.4 Å². The molecular formula is C15H29N3O. The molecule has 2 fully saturated rings. The number of nitrogens with one attached hydrogen (secondary N) is 1. The normalized spacial score (nSPS) is 31.0. The monoisotopic (exact) mass is 267 g/mol. The number of amides is 1. The molecule has 0 radical (unpaired) electrons. The summed E-state index contributed by atoms with van der Waals surface area (Å²) in [5, 5.41) is 3.43. The van der Waals surface area contributed by atoms with Gasteiger partial charge >= 0.3 is 0 Å². The van der Waals surface area contributed by atoms with Gasteiger partial charge in [0.05, 0.1) is 5.54 Å². The fraction of sp³-hybridized carbons (Fsp3) is 0.933. The molecule has 0 saturated heterocycles. The smallest absolute Gasteiger partial charge is 0.237 e. The van der Waals surface area contributed by atoms with E-state index in [2.05, 4.69) is 31.1 Å². The lowest BCUT2D eigenvalue weighted by Gasteiger charge is -2.34. The minimum atomic E-state index is -0.565. The zero-order valence-corrected chi connectivity index (χ0v) is 12.8. The highest BCUT2D eigenvalue weighted by molar-refractivity contribution is 5.84. The van der Waals surface area contributed by atoms with Crippen molar-refractivity contribution in [1.29, 1.82) is 0 Å². The highest BCUT2D eigenvalue weighted by Gasteiger charge is 2.40. The Balaban J connectivity index is 1.86. The molecule has 1 amide bonds. The Morgan fingerprint density at radius 2 is 2.11 bits per heavy atom. The molecule has 2 saturated carbocycles. The minimum Gasteiger partial charge on any atom is -0.368 e. The SMILES string of the molecule is CC1CC1CN(C)C(C)CC(C)(NC1CC1)C(N)=O. The van der Waals surface area contributed by atoms with Gasteiger partial charge in [-0.05, 0) is 58.4 Å². The van der Waals surface area contributed by atoms with Crippen LogP contribution in [0.3, 0.4) is 0 Å². The second-order valence-electron chi connectivity index (χ2n) is 7.08. The summed E-state index contributed by atoms with van der Waals surface area (Å²) >= 11 is 0. The molecule has 4 atom stereocenters. The maximum absolute atomic E-state index is 11.8. The van der Waals surface area contributed by atoms with Gasteiger partial charge in [0.25, 0.3) is 0 Å². The van der Waals surface area contributed by atoms with Crippen LogP contribution < -0.4 is 11.1 Å². The Kier molecular flexibility index (Phi) is 4.21. The fourth-order valence-electron chi connectivity index (χ4n) is 2.86. The maximum Gasteiger partial charge on any atom is 0.237 e. The number of hydrogen-bond donors (Lipinski definition) is 2. The van der Waals surface area contributed by atoms with Crippen LogP contribution in [0.1, 0.15) is 46.5 Å². The Morgan fingerprint density at radius 1 is 1.53 bits per heavy atom. The Labute approximate surface area is 117 Å². The van der Waals surface area contributed by atoms with Crippen molar-refractivity contribution in [2.75, 3.05) is 13.6 Å². The molecule has 2 rings (SSSR count). The molecule has 3 N–H and O–H groups in total. The third kappa shape index (κ3) is 3.93. The number of carbonyl (C=O) groups excluding carboxylic acids is 1.